The summed E-state index contributed by atoms with van der Waals surface area (Å²) in [6.45, 7) is 5.75. The smallest absolute Gasteiger partial charge is 0.408 e. The van der Waals surface area contributed by atoms with Crippen molar-refractivity contribution in [3.05, 3.63) is 59.7 Å². The van der Waals surface area contributed by atoms with Crippen molar-refractivity contribution < 1.29 is 24.2 Å². The fraction of sp³-hybridized carbons (Fsp3) is 0.423. The van der Waals surface area contributed by atoms with E-state index in [0.717, 1.165) is 22.3 Å². The summed E-state index contributed by atoms with van der Waals surface area (Å²) in [5, 5.41) is 12.3. The molecule has 0 saturated carbocycles. The largest absolute Gasteiger partial charge is 0.480 e. The van der Waals surface area contributed by atoms with Crippen LogP contribution >= 0.6 is 0 Å². The molecule has 0 aromatic heterocycles. The maximum atomic E-state index is 13.3. The number of carboxylic acid groups (broad SMARTS) is 1. The number of fused-ring (bicyclic) bond motifs is 3. The van der Waals surface area contributed by atoms with E-state index in [-0.39, 0.29) is 18.4 Å². The molecule has 3 atom stereocenters. The first-order valence-electron chi connectivity index (χ1n) is 11.4. The van der Waals surface area contributed by atoms with Crippen LogP contribution in [0.5, 0.6) is 0 Å². The van der Waals surface area contributed by atoms with Crippen LogP contribution in [0, 0.1) is 5.92 Å². The zero-order chi connectivity index (χ0) is 23.8. The number of hydrogen-bond acceptors (Lipinski definition) is 4. The van der Waals surface area contributed by atoms with Crippen molar-refractivity contribution in [3.63, 3.8) is 0 Å². The summed E-state index contributed by atoms with van der Waals surface area (Å²) in [6, 6.07) is 15.3. The second kappa shape index (κ2) is 8.89. The van der Waals surface area contributed by atoms with E-state index >= 15 is 0 Å². The number of hydrogen-bond donors (Lipinski definition) is 2. The first kappa shape index (κ1) is 22.8. The Balaban J connectivity index is 1.46. The van der Waals surface area contributed by atoms with Crippen molar-refractivity contribution in [1.29, 1.82) is 0 Å². The van der Waals surface area contributed by atoms with E-state index in [1.54, 1.807) is 13.8 Å². The molecule has 1 heterocycles. The lowest BCUT2D eigenvalue weighted by Crippen LogP contribution is -2.59. The minimum Gasteiger partial charge on any atom is -0.480 e. The lowest BCUT2D eigenvalue weighted by atomic mass is 9.95. The van der Waals surface area contributed by atoms with Gasteiger partial charge in [0.25, 0.3) is 0 Å². The van der Waals surface area contributed by atoms with Crippen LogP contribution < -0.4 is 5.32 Å². The number of alkyl carbamates (subject to hydrolysis) is 1. The van der Waals surface area contributed by atoms with Gasteiger partial charge in [0.2, 0.25) is 5.91 Å². The summed E-state index contributed by atoms with van der Waals surface area (Å²) < 4.78 is 5.61. The standard InChI is InChI=1S/C26H30N2O5/c1-4-26(3,24(31)28-14-13-16(2)22(28)23(29)30)27-25(32)33-15-21-19-11-7-5-9-17(19)18-10-6-8-12-20(18)21/h5-12,16,21-22H,4,13-15H2,1-3H3,(H,27,32)(H,29,30). The Bertz CT molecular complexity index is 1040. The van der Waals surface area contributed by atoms with Gasteiger partial charge in [-0.15, -0.1) is 0 Å². The molecule has 7 heteroatoms. The quantitative estimate of drug-likeness (QED) is 0.693. The minimum absolute atomic E-state index is 0.0810. The number of likely N-dealkylation sites (tertiary alicyclic amines) is 1. The number of ether oxygens (including phenoxy) is 1. The van der Waals surface area contributed by atoms with E-state index in [4.69, 9.17) is 4.74 Å². The third-order valence-corrected chi connectivity index (χ3v) is 7.11. The van der Waals surface area contributed by atoms with E-state index in [1.165, 1.54) is 4.90 Å². The van der Waals surface area contributed by atoms with Gasteiger partial charge in [-0.2, -0.15) is 0 Å². The van der Waals surface area contributed by atoms with E-state index in [0.29, 0.717) is 19.4 Å². The Labute approximate surface area is 193 Å². The van der Waals surface area contributed by atoms with Crippen molar-refractivity contribution in [2.45, 2.75) is 51.1 Å². The molecule has 0 bridgehead atoms. The van der Waals surface area contributed by atoms with Gasteiger partial charge in [-0.25, -0.2) is 9.59 Å². The van der Waals surface area contributed by atoms with Gasteiger partial charge in [-0.1, -0.05) is 62.4 Å². The minimum atomic E-state index is -1.25. The second-order valence-corrected chi connectivity index (χ2v) is 9.18. The summed E-state index contributed by atoms with van der Waals surface area (Å²) in [5.41, 5.74) is 3.24. The van der Waals surface area contributed by atoms with Gasteiger partial charge in [-0.3, -0.25) is 4.79 Å². The Morgan fingerprint density at radius 1 is 1.09 bits per heavy atom. The van der Waals surface area contributed by atoms with E-state index in [2.05, 4.69) is 17.4 Å². The Morgan fingerprint density at radius 3 is 2.21 bits per heavy atom. The van der Waals surface area contributed by atoms with Gasteiger partial charge in [0.05, 0.1) is 0 Å². The molecular weight excluding hydrogens is 420 g/mol. The van der Waals surface area contributed by atoms with Crippen LogP contribution in [-0.2, 0) is 14.3 Å². The number of carboxylic acids is 1. The second-order valence-electron chi connectivity index (χ2n) is 9.18. The summed E-state index contributed by atoms with van der Waals surface area (Å²) in [7, 11) is 0. The molecule has 3 unspecified atom stereocenters. The highest BCUT2D eigenvalue weighted by Gasteiger charge is 2.46. The molecule has 2 amide bonds. The van der Waals surface area contributed by atoms with Gasteiger partial charge in [0, 0.05) is 12.5 Å². The van der Waals surface area contributed by atoms with Gasteiger partial charge < -0.3 is 20.1 Å². The van der Waals surface area contributed by atoms with Crippen molar-refractivity contribution in [2.24, 2.45) is 5.92 Å². The molecule has 33 heavy (non-hydrogen) atoms. The van der Waals surface area contributed by atoms with Crippen LogP contribution in [-0.4, -0.2) is 52.7 Å². The fourth-order valence-electron chi connectivity index (χ4n) is 5.02. The highest BCUT2D eigenvalue weighted by atomic mass is 16.5. The Hall–Kier alpha value is -3.35. The van der Waals surface area contributed by atoms with Crippen LogP contribution in [0.4, 0.5) is 4.79 Å². The molecule has 2 aromatic carbocycles. The summed E-state index contributed by atoms with van der Waals surface area (Å²) in [6.07, 6.45) is 0.245. The lowest BCUT2D eigenvalue weighted by Gasteiger charge is -2.34. The average Bonchev–Trinajstić information content (AvgIpc) is 3.35. The number of nitrogens with one attached hydrogen (secondary N) is 1. The number of nitrogens with zero attached hydrogens (tertiary/aromatic N) is 1. The van der Waals surface area contributed by atoms with Crippen LogP contribution in [0.15, 0.2) is 48.5 Å². The van der Waals surface area contributed by atoms with Crippen molar-refractivity contribution in [2.75, 3.05) is 13.2 Å². The molecule has 2 N–H and O–H groups in total. The molecule has 1 aliphatic heterocycles. The maximum absolute atomic E-state index is 13.3. The van der Waals surface area contributed by atoms with Gasteiger partial charge >= 0.3 is 12.1 Å². The molecule has 1 saturated heterocycles. The molecule has 2 aromatic rings. The van der Waals surface area contributed by atoms with E-state index in [9.17, 15) is 19.5 Å². The first-order chi connectivity index (χ1) is 15.8. The first-order valence-corrected chi connectivity index (χ1v) is 11.4. The lowest BCUT2D eigenvalue weighted by molar-refractivity contribution is -0.152. The molecule has 1 aliphatic carbocycles. The van der Waals surface area contributed by atoms with Crippen LogP contribution in [0.1, 0.15) is 50.7 Å². The maximum Gasteiger partial charge on any atom is 0.408 e. The molecular formula is C26H30N2O5. The predicted octanol–water partition coefficient (Wildman–Crippen LogP) is 4.02. The summed E-state index contributed by atoms with van der Waals surface area (Å²) in [5.74, 6) is -1.63. The number of carbonyl (C=O) groups excluding carboxylic acids is 2. The molecule has 7 nitrogen and oxygen atoms in total. The highest BCUT2D eigenvalue weighted by molar-refractivity contribution is 5.93. The summed E-state index contributed by atoms with van der Waals surface area (Å²) in [4.78, 5) is 39.1. The fourth-order valence-corrected chi connectivity index (χ4v) is 5.02. The molecule has 4 rings (SSSR count). The van der Waals surface area contributed by atoms with Gasteiger partial charge in [-0.05, 0) is 47.9 Å². The third kappa shape index (κ3) is 4.08. The van der Waals surface area contributed by atoms with Crippen molar-refractivity contribution in [1.82, 2.24) is 10.2 Å². The average molecular weight is 451 g/mol. The van der Waals surface area contributed by atoms with Crippen LogP contribution in [0.2, 0.25) is 0 Å². The summed E-state index contributed by atoms with van der Waals surface area (Å²) >= 11 is 0. The van der Waals surface area contributed by atoms with E-state index < -0.39 is 29.6 Å². The number of amides is 2. The number of carbonyl (C=O) groups is 3. The Morgan fingerprint density at radius 2 is 1.67 bits per heavy atom. The van der Waals surface area contributed by atoms with Crippen LogP contribution in [0.3, 0.4) is 0 Å². The van der Waals surface area contributed by atoms with Crippen LogP contribution in [0.25, 0.3) is 11.1 Å². The molecule has 2 aliphatic rings. The SMILES string of the molecule is CCC(C)(NC(=O)OCC1c2ccccc2-c2ccccc21)C(=O)N1CCC(C)C1C(=O)O. The van der Waals surface area contributed by atoms with Crippen molar-refractivity contribution >= 4 is 18.0 Å². The zero-order valence-electron chi connectivity index (χ0n) is 19.2. The van der Waals surface area contributed by atoms with E-state index in [1.807, 2.05) is 43.3 Å². The third-order valence-electron chi connectivity index (χ3n) is 7.11. The number of benzene rings is 2. The van der Waals surface area contributed by atoms with Gasteiger partial charge in [0.1, 0.15) is 18.2 Å². The highest BCUT2D eigenvalue weighted by Crippen LogP contribution is 2.44. The monoisotopic (exact) mass is 450 g/mol. The topological polar surface area (TPSA) is 95.9 Å². The molecule has 1 fully saturated rings. The number of aliphatic carboxylic acids is 1. The normalized spacial score (nSPS) is 21.1. The predicted molar refractivity (Wildman–Crippen MR) is 124 cm³/mol. The number of rotatable bonds is 6. The van der Waals surface area contributed by atoms with Gasteiger partial charge in [0.15, 0.2) is 0 Å². The molecule has 0 radical (unpaired) electrons. The molecule has 174 valence electrons. The molecule has 0 spiro atoms. The van der Waals surface area contributed by atoms with Crippen molar-refractivity contribution in [3.8, 4) is 11.1 Å². The Kier molecular flexibility index (Phi) is 6.15. The zero-order valence-corrected chi connectivity index (χ0v) is 19.2.